The Labute approximate surface area is 143 Å². The summed E-state index contributed by atoms with van der Waals surface area (Å²) in [6.45, 7) is 7.65. The van der Waals surface area contributed by atoms with E-state index in [0.717, 1.165) is 31.9 Å². The van der Waals surface area contributed by atoms with Crippen molar-refractivity contribution in [2.24, 2.45) is 4.99 Å². The van der Waals surface area contributed by atoms with Crippen molar-refractivity contribution in [2.75, 3.05) is 26.7 Å². The Morgan fingerprint density at radius 3 is 2.48 bits per heavy atom. The molecule has 0 aliphatic rings. The Hall–Kier alpha value is -0.470. The minimum absolute atomic E-state index is 0. The van der Waals surface area contributed by atoms with Crippen molar-refractivity contribution in [2.45, 2.75) is 45.2 Å². The van der Waals surface area contributed by atoms with E-state index < -0.39 is 12.6 Å². The largest absolute Gasteiger partial charge is 0.389 e. The fourth-order valence-electron chi connectivity index (χ4n) is 1.67. The van der Waals surface area contributed by atoms with Crippen LogP contribution in [0, 0.1) is 0 Å². The van der Waals surface area contributed by atoms with Crippen LogP contribution < -0.4 is 5.32 Å². The van der Waals surface area contributed by atoms with E-state index in [-0.39, 0.29) is 30.4 Å². The summed E-state index contributed by atoms with van der Waals surface area (Å²) >= 11 is 0. The predicted octanol–water partition coefficient (Wildman–Crippen LogP) is 4.20. The molecule has 0 aliphatic carbocycles. The third-order valence-electron chi connectivity index (χ3n) is 2.73. The molecule has 7 heteroatoms. The summed E-state index contributed by atoms with van der Waals surface area (Å²) in [6, 6.07) is 0. The molecule has 21 heavy (non-hydrogen) atoms. The summed E-state index contributed by atoms with van der Waals surface area (Å²) in [5.41, 5.74) is 0. The molecule has 0 fully saturated rings. The van der Waals surface area contributed by atoms with Gasteiger partial charge in [0.25, 0.3) is 0 Å². The van der Waals surface area contributed by atoms with E-state index in [9.17, 15) is 13.2 Å². The highest BCUT2D eigenvalue weighted by Gasteiger charge is 2.25. The molecule has 1 N–H and O–H groups in total. The lowest BCUT2D eigenvalue weighted by molar-refractivity contribution is -0.135. The van der Waals surface area contributed by atoms with E-state index in [1.165, 1.54) is 0 Å². The molecule has 0 unspecified atom stereocenters. The normalized spacial score (nSPS) is 11.8. The average Bonchev–Trinajstić information content (AvgIpc) is 2.36. The van der Waals surface area contributed by atoms with Crippen LogP contribution in [0.3, 0.4) is 0 Å². The molecule has 0 aromatic rings. The number of halogens is 4. The van der Waals surface area contributed by atoms with Gasteiger partial charge in [-0.3, -0.25) is 4.99 Å². The van der Waals surface area contributed by atoms with Gasteiger partial charge in [0.1, 0.15) is 0 Å². The van der Waals surface area contributed by atoms with E-state index in [4.69, 9.17) is 0 Å². The molecule has 0 aromatic carbocycles. The monoisotopic (exact) mass is 421 g/mol. The first kappa shape index (κ1) is 22.8. The standard InChI is InChI=1S/C14H26F3N3.HI/c1-4-6-9-12-20(3)13(18-5-2)19-11-8-7-10-14(15,16)17;/h4H,1,5-12H2,2-3H3,(H,18,19);1H. The molecule has 0 atom stereocenters. The number of hydrogen-bond acceptors (Lipinski definition) is 1. The summed E-state index contributed by atoms with van der Waals surface area (Å²) in [7, 11) is 1.93. The molecule has 0 spiro atoms. The lowest BCUT2D eigenvalue weighted by Crippen LogP contribution is -2.39. The van der Waals surface area contributed by atoms with Gasteiger partial charge in [-0.2, -0.15) is 13.2 Å². The van der Waals surface area contributed by atoms with E-state index >= 15 is 0 Å². The maximum absolute atomic E-state index is 12.0. The Bertz CT molecular complexity index is 294. The smallest absolute Gasteiger partial charge is 0.357 e. The summed E-state index contributed by atoms with van der Waals surface area (Å²) in [5, 5.41) is 3.14. The van der Waals surface area contributed by atoms with Crippen molar-refractivity contribution in [3.63, 3.8) is 0 Å². The zero-order chi connectivity index (χ0) is 15.4. The SMILES string of the molecule is C=CCCCN(C)C(=NCCCCC(F)(F)F)NCC.I. The van der Waals surface area contributed by atoms with Crippen LogP contribution in [0.15, 0.2) is 17.6 Å². The second kappa shape index (κ2) is 13.2. The Kier molecular flexibility index (Phi) is 14.3. The van der Waals surface area contributed by atoms with Gasteiger partial charge in [-0.05, 0) is 32.6 Å². The zero-order valence-electron chi connectivity index (χ0n) is 12.9. The number of rotatable bonds is 9. The number of nitrogens with one attached hydrogen (secondary N) is 1. The van der Waals surface area contributed by atoms with Crippen LogP contribution in [-0.4, -0.2) is 43.7 Å². The molecule has 0 radical (unpaired) electrons. The van der Waals surface area contributed by atoms with Gasteiger partial charge in [0.05, 0.1) is 0 Å². The van der Waals surface area contributed by atoms with Crippen LogP contribution in [0.4, 0.5) is 13.2 Å². The highest BCUT2D eigenvalue weighted by atomic mass is 127. The molecular weight excluding hydrogens is 394 g/mol. The van der Waals surface area contributed by atoms with Gasteiger partial charge < -0.3 is 10.2 Å². The van der Waals surface area contributed by atoms with Crippen LogP contribution in [0.2, 0.25) is 0 Å². The zero-order valence-corrected chi connectivity index (χ0v) is 15.2. The molecule has 0 saturated heterocycles. The summed E-state index contributed by atoms with van der Waals surface area (Å²) < 4.78 is 36.0. The summed E-state index contributed by atoms with van der Waals surface area (Å²) in [4.78, 5) is 6.35. The number of hydrogen-bond donors (Lipinski definition) is 1. The second-order valence-corrected chi connectivity index (χ2v) is 4.66. The van der Waals surface area contributed by atoms with Crippen LogP contribution in [0.1, 0.15) is 39.0 Å². The number of alkyl halides is 3. The summed E-state index contributed by atoms with van der Waals surface area (Å²) in [6.07, 6.45) is -0.408. The van der Waals surface area contributed by atoms with E-state index in [1.807, 2.05) is 24.9 Å². The second-order valence-electron chi connectivity index (χ2n) is 4.66. The lowest BCUT2D eigenvalue weighted by atomic mass is 10.2. The van der Waals surface area contributed by atoms with Gasteiger partial charge in [-0.25, -0.2) is 0 Å². The first-order chi connectivity index (χ1) is 9.40. The van der Waals surface area contributed by atoms with Crippen molar-refractivity contribution in [3.8, 4) is 0 Å². The number of allylic oxidation sites excluding steroid dienone is 1. The Morgan fingerprint density at radius 1 is 1.29 bits per heavy atom. The molecular formula is C14H27F3IN3. The van der Waals surface area contributed by atoms with Crippen molar-refractivity contribution >= 4 is 29.9 Å². The van der Waals surface area contributed by atoms with Crippen molar-refractivity contribution in [3.05, 3.63) is 12.7 Å². The predicted molar refractivity (Wildman–Crippen MR) is 93.4 cm³/mol. The fraction of sp³-hybridized carbons (Fsp3) is 0.786. The third-order valence-corrected chi connectivity index (χ3v) is 2.73. The average molecular weight is 421 g/mol. The minimum Gasteiger partial charge on any atom is -0.357 e. The van der Waals surface area contributed by atoms with E-state index in [0.29, 0.717) is 13.0 Å². The van der Waals surface area contributed by atoms with E-state index in [1.54, 1.807) is 0 Å². The first-order valence-corrected chi connectivity index (χ1v) is 7.07. The molecule has 0 rings (SSSR count). The van der Waals surface area contributed by atoms with E-state index in [2.05, 4.69) is 16.9 Å². The van der Waals surface area contributed by atoms with Crippen molar-refractivity contribution in [1.29, 1.82) is 0 Å². The number of aliphatic imine (C=N–C) groups is 1. The quantitative estimate of drug-likeness (QED) is 0.199. The minimum atomic E-state index is -4.06. The first-order valence-electron chi connectivity index (χ1n) is 7.07. The molecule has 0 aliphatic heterocycles. The lowest BCUT2D eigenvalue weighted by Gasteiger charge is -2.21. The molecule has 0 amide bonds. The maximum atomic E-state index is 12.0. The fourth-order valence-corrected chi connectivity index (χ4v) is 1.67. The maximum Gasteiger partial charge on any atom is 0.389 e. The molecule has 0 bridgehead atoms. The Morgan fingerprint density at radius 2 is 1.95 bits per heavy atom. The van der Waals surface area contributed by atoms with Gasteiger partial charge in [0, 0.05) is 33.1 Å². The third kappa shape index (κ3) is 14.2. The summed E-state index contributed by atoms with van der Waals surface area (Å²) in [5.74, 6) is 0.753. The number of nitrogens with zero attached hydrogens (tertiary/aromatic N) is 2. The number of guanidine groups is 1. The van der Waals surface area contributed by atoms with Crippen LogP contribution in [0.5, 0.6) is 0 Å². The van der Waals surface area contributed by atoms with Crippen molar-refractivity contribution in [1.82, 2.24) is 10.2 Å². The molecule has 0 saturated carbocycles. The van der Waals surface area contributed by atoms with Crippen LogP contribution >= 0.6 is 24.0 Å². The van der Waals surface area contributed by atoms with Crippen LogP contribution in [-0.2, 0) is 0 Å². The van der Waals surface area contributed by atoms with Gasteiger partial charge in [-0.1, -0.05) is 6.08 Å². The molecule has 0 aromatic heterocycles. The molecule has 0 heterocycles. The van der Waals surface area contributed by atoms with Gasteiger partial charge in [-0.15, -0.1) is 30.6 Å². The topological polar surface area (TPSA) is 27.6 Å². The van der Waals surface area contributed by atoms with Gasteiger partial charge in [0.2, 0.25) is 0 Å². The molecule has 126 valence electrons. The highest BCUT2D eigenvalue weighted by Crippen LogP contribution is 2.21. The molecule has 3 nitrogen and oxygen atoms in total. The van der Waals surface area contributed by atoms with Gasteiger partial charge in [0.15, 0.2) is 5.96 Å². The van der Waals surface area contributed by atoms with Crippen LogP contribution in [0.25, 0.3) is 0 Å². The highest BCUT2D eigenvalue weighted by molar-refractivity contribution is 14.0. The number of unbranched alkanes of at least 4 members (excludes halogenated alkanes) is 2. The van der Waals surface area contributed by atoms with Crippen molar-refractivity contribution < 1.29 is 13.2 Å². The Balaban J connectivity index is 0. The van der Waals surface area contributed by atoms with Gasteiger partial charge >= 0.3 is 6.18 Å².